The molecule has 1 aliphatic rings. The molecule has 3 heteroatoms. The Balaban J connectivity index is 1.64. The van der Waals surface area contributed by atoms with Gasteiger partial charge < -0.3 is 9.30 Å². The predicted octanol–water partition coefficient (Wildman–Crippen LogP) is 3.71. The molecule has 0 atom stereocenters. The minimum atomic E-state index is 0.899. The fourth-order valence-electron chi connectivity index (χ4n) is 3.35. The summed E-state index contributed by atoms with van der Waals surface area (Å²) < 4.78 is 7.87. The Morgan fingerprint density at radius 3 is 2.68 bits per heavy atom. The second kappa shape index (κ2) is 7.80. The number of ether oxygens (including phenoxy) is 1. The Labute approximate surface area is 133 Å². The third-order valence-corrected chi connectivity index (χ3v) is 4.65. The van der Waals surface area contributed by atoms with Gasteiger partial charge in [-0.3, -0.25) is 4.90 Å². The second-order valence-corrected chi connectivity index (χ2v) is 6.28. The molecular weight excluding hydrogens is 272 g/mol. The number of morpholine rings is 1. The molecule has 0 amide bonds. The molecule has 3 nitrogen and oxygen atoms in total. The van der Waals surface area contributed by atoms with Crippen molar-refractivity contribution in [2.45, 2.75) is 39.2 Å². The molecule has 1 aliphatic heterocycles. The van der Waals surface area contributed by atoms with Crippen molar-refractivity contribution in [3.05, 3.63) is 36.0 Å². The second-order valence-electron chi connectivity index (χ2n) is 6.28. The molecule has 0 radical (unpaired) electrons. The van der Waals surface area contributed by atoms with Gasteiger partial charge in [-0.25, -0.2) is 0 Å². The quantitative estimate of drug-likeness (QED) is 0.775. The van der Waals surface area contributed by atoms with Gasteiger partial charge in [-0.05, 0) is 37.4 Å². The average Bonchev–Trinajstić information content (AvgIpc) is 2.92. The lowest BCUT2D eigenvalue weighted by atomic mass is 10.1. The van der Waals surface area contributed by atoms with Crippen molar-refractivity contribution >= 4 is 10.9 Å². The van der Waals surface area contributed by atoms with Crippen molar-refractivity contribution < 1.29 is 4.74 Å². The van der Waals surface area contributed by atoms with Crippen LogP contribution in [0.3, 0.4) is 0 Å². The molecule has 22 heavy (non-hydrogen) atoms. The molecule has 120 valence electrons. The molecule has 2 heterocycles. The number of rotatable bonds is 7. The van der Waals surface area contributed by atoms with Gasteiger partial charge in [0.25, 0.3) is 0 Å². The van der Waals surface area contributed by atoms with Crippen LogP contribution in [-0.2, 0) is 17.7 Å². The van der Waals surface area contributed by atoms with Crippen LogP contribution in [0, 0.1) is 0 Å². The molecule has 1 aromatic heterocycles. The third kappa shape index (κ3) is 3.71. The zero-order valence-electron chi connectivity index (χ0n) is 13.8. The highest BCUT2D eigenvalue weighted by Crippen LogP contribution is 2.23. The summed E-state index contributed by atoms with van der Waals surface area (Å²) in [5.41, 5.74) is 2.91. The van der Waals surface area contributed by atoms with E-state index >= 15 is 0 Å². The van der Waals surface area contributed by atoms with Crippen molar-refractivity contribution in [3.8, 4) is 0 Å². The minimum absolute atomic E-state index is 0.899. The molecule has 1 fully saturated rings. The fourth-order valence-corrected chi connectivity index (χ4v) is 3.35. The van der Waals surface area contributed by atoms with Crippen molar-refractivity contribution in [1.82, 2.24) is 9.47 Å². The van der Waals surface area contributed by atoms with E-state index in [-0.39, 0.29) is 0 Å². The summed E-state index contributed by atoms with van der Waals surface area (Å²) in [5.74, 6) is 0. The summed E-state index contributed by atoms with van der Waals surface area (Å²) in [4.78, 5) is 2.53. The summed E-state index contributed by atoms with van der Waals surface area (Å²) in [6.45, 7) is 8.58. The first-order chi connectivity index (χ1) is 10.9. The van der Waals surface area contributed by atoms with Crippen LogP contribution >= 0.6 is 0 Å². The molecule has 1 aromatic carbocycles. The highest BCUT2D eigenvalue weighted by Gasteiger charge is 2.11. The number of hydrogen-bond donors (Lipinski definition) is 0. The smallest absolute Gasteiger partial charge is 0.0594 e. The molecule has 1 saturated heterocycles. The van der Waals surface area contributed by atoms with Gasteiger partial charge in [-0.15, -0.1) is 0 Å². The van der Waals surface area contributed by atoms with Crippen LogP contribution in [0.5, 0.6) is 0 Å². The topological polar surface area (TPSA) is 17.4 Å². The van der Waals surface area contributed by atoms with Gasteiger partial charge in [-0.1, -0.05) is 31.5 Å². The van der Waals surface area contributed by atoms with Gasteiger partial charge in [-0.2, -0.15) is 0 Å². The molecule has 0 unspecified atom stereocenters. The molecular formula is C19H28N2O. The van der Waals surface area contributed by atoms with Gasteiger partial charge in [0.2, 0.25) is 0 Å². The molecule has 0 spiro atoms. The SMILES string of the molecule is CCCCn1cc(CCCN2CCOCC2)c2ccccc21. The molecule has 2 aromatic rings. The van der Waals surface area contributed by atoms with E-state index in [1.54, 1.807) is 0 Å². The van der Waals surface area contributed by atoms with Crippen LogP contribution in [0.4, 0.5) is 0 Å². The van der Waals surface area contributed by atoms with E-state index in [0.29, 0.717) is 0 Å². The largest absolute Gasteiger partial charge is 0.379 e. The van der Waals surface area contributed by atoms with E-state index in [1.807, 2.05) is 0 Å². The van der Waals surface area contributed by atoms with Crippen LogP contribution in [0.2, 0.25) is 0 Å². The summed E-state index contributed by atoms with van der Waals surface area (Å²) in [6, 6.07) is 8.86. The van der Waals surface area contributed by atoms with E-state index in [1.165, 1.54) is 48.7 Å². The number of aryl methyl sites for hydroxylation is 2. The first kappa shape index (κ1) is 15.6. The molecule has 0 bridgehead atoms. The van der Waals surface area contributed by atoms with Gasteiger partial charge in [0.05, 0.1) is 13.2 Å². The lowest BCUT2D eigenvalue weighted by Gasteiger charge is -2.26. The predicted molar refractivity (Wildman–Crippen MR) is 92.4 cm³/mol. The van der Waals surface area contributed by atoms with Crippen molar-refractivity contribution in [2.75, 3.05) is 32.8 Å². The van der Waals surface area contributed by atoms with E-state index in [4.69, 9.17) is 4.74 Å². The highest BCUT2D eigenvalue weighted by molar-refractivity contribution is 5.83. The van der Waals surface area contributed by atoms with Crippen LogP contribution in [0.15, 0.2) is 30.5 Å². The first-order valence-corrected chi connectivity index (χ1v) is 8.75. The van der Waals surface area contributed by atoms with Crippen LogP contribution in [0.1, 0.15) is 31.7 Å². The Morgan fingerprint density at radius 1 is 1.05 bits per heavy atom. The van der Waals surface area contributed by atoms with E-state index in [0.717, 1.165) is 32.8 Å². The summed E-state index contributed by atoms with van der Waals surface area (Å²) in [5, 5.41) is 1.44. The lowest BCUT2D eigenvalue weighted by molar-refractivity contribution is 0.0375. The number of hydrogen-bond acceptors (Lipinski definition) is 2. The average molecular weight is 300 g/mol. The Hall–Kier alpha value is -1.32. The zero-order chi connectivity index (χ0) is 15.2. The number of nitrogens with zero attached hydrogens (tertiary/aromatic N) is 2. The molecule has 3 rings (SSSR count). The fraction of sp³-hybridized carbons (Fsp3) is 0.579. The van der Waals surface area contributed by atoms with E-state index in [2.05, 4.69) is 46.9 Å². The maximum absolute atomic E-state index is 5.42. The third-order valence-electron chi connectivity index (χ3n) is 4.65. The molecule has 0 N–H and O–H groups in total. The van der Waals surface area contributed by atoms with E-state index in [9.17, 15) is 0 Å². The number of para-hydroxylation sites is 1. The normalized spacial score (nSPS) is 16.4. The summed E-state index contributed by atoms with van der Waals surface area (Å²) in [7, 11) is 0. The van der Waals surface area contributed by atoms with Crippen molar-refractivity contribution in [2.24, 2.45) is 0 Å². The number of benzene rings is 1. The van der Waals surface area contributed by atoms with Crippen molar-refractivity contribution in [3.63, 3.8) is 0 Å². The van der Waals surface area contributed by atoms with Gasteiger partial charge in [0.15, 0.2) is 0 Å². The number of unbranched alkanes of at least 4 members (excludes halogenated alkanes) is 1. The van der Waals surface area contributed by atoms with Crippen LogP contribution in [-0.4, -0.2) is 42.3 Å². The van der Waals surface area contributed by atoms with Crippen LogP contribution < -0.4 is 0 Å². The Kier molecular flexibility index (Phi) is 5.52. The zero-order valence-corrected chi connectivity index (χ0v) is 13.8. The maximum atomic E-state index is 5.42. The number of fused-ring (bicyclic) bond motifs is 1. The van der Waals surface area contributed by atoms with Gasteiger partial charge >= 0.3 is 0 Å². The maximum Gasteiger partial charge on any atom is 0.0594 e. The van der Waals surface area contributed by atoms with Gasteiger partial charge in [0.1, 0.15) is 0 Å². The summed E-state index contributed by atoms with van der Waals surface area (Å²) >= 11 is 0. The molecule has 0 aliphatic carbocycles. The molecule has 0 saturated carbocycles. The Morgan fingerprint density at radius 2 is 1.86 bits per heavy atom. The highest BCUT2D eigenvalue weighted by atomic mass is 16.5. The van der Waals surface area contributed by atoms with Crippen molar-refractivity contribution in [1.29, 1.82) is 0 Å². The van der Waals surface area contributed by atoms with Crippen LogP contribution in [0.25, 0.3) is 10.9 Å². The minimum Gasteiger partial charge on any atom is -0.379 e. The standard InChI is InChI=1S/C19H28N2O/c1-2-3-11-21-16-17(18-8-4-5-9-19(18)21)7-6-10-20-12-14-22-15-13-20/h4-5,8-9,16H,2-3,6-7,10-15H2,1H3. The first-order valence-electron chi connectivity index (χ1n) is 8.75. The lowest BCUT2D eigenvalue weighted by Crippen LogP contribution is -2.36. The monoisotopic (exact) mass is 300 g/mol. The van der Waals surface area contributed by atoms with Gasteiger partial charge in [0, 0.05) is 36.7 Å². The summed E-state index contributed by atoms with van der Waals surface area (Å²) in [6.07, 6.45) is 7.31. The Bertz CT molecular complexity index is 584. The number of aromatic nitrogens is 1. The van der Waals surface area contributed by atoms with E-state index < -0.39 is 0 Å².